The van der Waals surface area contributed by atoms with Gasteiger partial charge in [-0.05, 0) is 29.8 Å². The minimum atomic E-state index is -0.657. The van der Waals surface area contributed by atoms with Crippen LogP contribution in [0.2, 0.25) is 0 Å². The second kappa shape index (κ2) is 6.70. The summed E-state index contributed by atoms with van der Waals surface area (Å²) in [5.74, 6) is -0.851. The Balaban J connectivity index is 2.14. The van der Waals surface area contributed by atoms with Gasteiger partial charge < -0.3 is 9.47 Å². The summed E-state index contributed by atoms with van der Waals surface area (Å²) < 4.78 is 23.6. The Morgan fingerprint density at radius 3 is 2.55 bits per heavy atom. The van der Waals surface area contributed by atoms with E-state index in [0.29, 0.717) is 11.3 Å². The number of rotatable bonds is 5. The van der Waals surface area contributed by atoms with Gasteiger partial charge in [0.2, 0.25) is 0 Å². The van der Waals surface area contributed by atoms with Crippen LogP contribution in [0, 0.1) is 5.82 Å². The molecule has 0 aliphatic heterocycles. The molecule has 2 aromatic carbocycles. The average molecular weight is 274 g/mol. The Morgan fingerprint density at radius 2 is 1.90 bits per heavy atom. The minimum Gasteiger partial charge on any atom is -0.492 e. The fourth-order valence-electron chi connectivity index (χ4n) is 1.86. The second-order valence-corrected chi connectivity index (χ2v) is 4.25. The molecule has 0 aliphatic carbocycles. The molecule has 0 radical (unpaired) electrons. The van der Waals surface area contributed by atoms with Crippen molar-refractivity contribution in [3.63, 3.8) is 0 Å². The first-order chi connectivity index (χ1) is 9.70. The largest absolute Gasteiger partial charge is 0.492 e. The van der Waals surface area contributed by atoms with Crippen LogP contribution in [-0.4, -0.2) is 19.7 Å². The van der Waals surface area contributed by atoms with E-state index in [9.17, 15) is 9.18 Å². The normalized spacial score (nSPS) is 11.7. The first-order valence-corrected chi connectivity index (χ1v) is 6.22. The zero-order chi connectivity index (χ0) is 14.4. The van der Waals surface area contributed by atoms with Crippen molar-refractivity contribution in [3.05, 3.63) is 66.0 Å². The summed E-state index contributed by atoms with van der Waals surface area (Å²) in [4.78, 5) is 11.8. The number of benzene rings is 2. The van der Waals surface area contributed by atoms with Crippen LogP contribution in [-0.2, 0) is 9.53 Å². The van der Waals surface area contributed by atoms with E-state index >= 15 is 0 Å². The van der Waals surface area contributed by atoms with Gasteiger partial charge in [-0.25, -0.2) is 4.39 Å². The lowest BCUT2D eigenvalue weighted by molar-refractivity contribution is -0.143. The maximum Gasteiger partial charge on any atom is 0.316 e. The standard InChI is InChI=1S/C16H15FO3/c1-19-16(18)15(12-6-5-7-13(17)10-12)11-20-14-8-3-2-4-9-14/h2-10,15H,11H2,1H3. The molecule has 0 aromatic heterocycles. The van der Waals surface area contributed by atoms with Gasteiger partial charge in [-0.3, -0.25) is 4.79 Å². The van der Waals surface area contributed by atoms with Gasteiger partial charge in [-0.1, -0.05) is 30.3 Å². The molecule has 0 spiro atoms. The molecule has 0 bridgehead atoms. The zero-order valence-corrected chi connectivity index (χ0v) is 11.1. The van der Waals surface area contributed by atoms with Crippen molar-refractivity contribution in [3.8, 4) is 5.75 Å². The second-order valence-electron chi connectivity index (χ2n) is 4.25. The van der Waals surface area contributed by atoms with Gasteiger partial charge in [0.1, 0.15) is 24.1 Å². The number of esters is 1. The number of halogens is 1. The van der Waals surface area contributed by atoms with Crippen LogP contribution in [0.25, 0.3) is 0 Å². The third kappa shape index (κ3) is 3.57. The monoisotopic (exact) mass is 274 g/mol. The van der Waals surface area contributed by atoms with Crippen molar-refractivity contribution in [2.45, 2.75) is 5.92 Å². The summed E-state index contributed by atoms with van der Waals surface area (Å²) in [5.41, 5.74) is 0.535. The van der Waals surface area contributed by atoms with E-state index in [-0.39, 0.29) is 6.61 Å². The predicted molar refractivity (Wildman–Crippen MR) is 73.1 cm³/mol. The van der Waals surface area contributed by atoms with E-state index in [1.54, 1.807) is 24.3 Å². The molecule has 1 unspecified atom stereocenters. The number of hydrogen-bond acceptors (Lipinski definition) is 3. The fourth-order valence-corrected chi connectivity index (χ4v) is 1.86. The van der Waals surface area contributed by atoms with Crippen LogP contribution >= 0.6 is 0 Å². The first-order valence-electron chi connectivity index (χ1n) is 6.22. The maximum atomic E-state index is 13.3. The van der Waals surface area contributed by atoms with Crippen molar-refractivity contribution in [2.24, 2.45) is 0 Å². The molecule has 1 atom stereocenters. The van der Waals surface area contributed by atoms with E-state index in [4.69, 9.17) is 9.47 Å². The maximum absolute atomic E-state index is 13.3. The van der Waals surface area contributed by atoms with Crippen LogP contribution in [0.3, 0.4) is 0 Å². The molecular formula is C16H15FO3. The summed E-state index contributed by atoms with van der Waals surface area (Å²) >= 11 is 0. The fraction of sp³-hybridized carbons (Fsp3) is 0.188. The van der Waals surface area contributed by atoms with Gasteiger partial charge in [0, 0.05) is 0 Å². The van der Waals surface area contributed by atoms with E-state index in [1.807, 2.05) is 18.2 Å². The van der Waals surface area contributed by atoms with Gasteiger partial charge in [-0.15, -0.1) is 0 Å². The van der Waals surface area contributed by atoms with Gasteiger partial charge in [-0.2, -0.15) is 0 Å². The summed E-state index contributed by atoms with van der Waals surface area (Å²) in [6.45, 7) is 0.0974. The average Bonchev–Trinajstić information content (AvgIpc) is 2.48. The van der Waals surface area contributed by atoms with Gasteiger partial charge in [0.05, 0.1) is 7.11 Å². The number of ether oxygens (including phenoxy) is 2. The van der Waals surface area contributed by atoms with E-state index < -0.39 is 17.7 Å². The Morgan fingerprint density at radius 1 is 1.15 bits per heavy atom. The third-order valence-corrected chi connectivity index (χ3v) is 2.90. The molecule has 4 heteroatoms. The van der Waals surface area contributed by atoms with E-state index in [0.717, 1.165) is 0 Å². The molecule has 2 rings (SSSR count). The van der Waals surface area contributed by atoms with Crippen LogP contribution < -0.4 is 4.74 Å². The summed E-state index contributed by atoms with van der Waals surface area (Å²) in [5, 5.41) is 0. The molecule has 104 valence electrons. The summed E-state index contributed by atoms with van der Waals surface area (Å²) in [6, 6.07) is 15.0. The Bertz CT molecular complexity index is 569. The van der Waals surface area contributed by atoms with E-state index in [1.165, 1.54) is 19.2 Å². The lowest BCUT2D eigenvalue weighted by Crippen LogP contribution is -2.21. The first kappa shape index (κ1) is 14.1. The highest BCUT2D eigenvalue weighted by Crippen LogP contribution is 2.20. The Kier molecular flexibility index (Phi) is 4.71. The van der Waals surface area contributed by atoms with Crippen LogP contribution in [0.5, 0.6) is 5.75 Å². The highest BCUT2D eigenvalue weighted by Gasteiger charge is 2.22. The number of para-hydroxylation sites is 1. The van der Waals surface area contributed by atoms with Gasteiger partial charge in [0.25, 0.3) is 0 Å². The zero-order valence-electron chi connectivity index (χ0n) is 11.1. The minimum absolute atomic E-state index is 0.0974. The number of methoxy groups -OCH3 is 1. The molecule has 0 saturated heterocycles. The molecule has 0 heterocycles. The molecule has 0 saturated carbocycles. The van der Waals surface area contributed by atoms with Gasteiger partial charge >= 0.3 is 5.97 Å². The van der Waals surface area contributed by atoms with Gasteiger partial charge in [0.15, 0.2) is 0 Å². The molecule has 0 fully saturated rings. The molecule has 0 amide bonds. The molecular weight excluding hydrogens is 259 g/mol. The highest BCUT2D eigenvalue weighted by molar-refractivity contribution is 5.78. The Labute approximate surface area is 117 Å². The van der Waals surface area contributed by atoms with Crippen molar-refractivity contribution >= 4 is 5.97 Å². The van der Waals surface area contributed by atoms with Crippen LogP contribution in [0.1, 0.15) is 11.5 Å². The highest BCUT2D eigenvalue weighted by atomic mass is 19.1. The molecule has 2 aromatic rings. The number of carbonyl (C=O) groups is 1. The lowest BCUT2D eigenvalue weighted by atomic mass is 10.00. The van der Waals surface area contributed by atoms with Crippen LogP contribution in [0.4, 0.5) is 4.39 Å². The summed E-state index contributed by atoms with van der Waals surface area (Å²) in [7, 11) is 1.30. The van der Waals surface area contributed by atoms with Crippen molar-refractivity contribution in [1.82, 2.24) is 0 Å². The SMILES string of the molecule is COC(=O)C(COc1ccccc1)c1cccc(F)c1. The molecule has 3 nitrogen and oxygen atoms in total. The molecule has 0 N–H and O–H groups in total. The quantitative estimate of drug-likeness (QED) is 0.786. The molecule has 0 aliphatic rings. The van der Waals surface area contributed by atoms with E-state index in [2.05, 4.69) is 0 Å². The number of carbonyl (C=O) groups excluding carboxylic acids is 1. The van der Waals surface area contributed by atoms with Crippen molar-refractivity contribution in [2.75, 3.05) is 13.7 Å². The lowest BCUT2D eigenvalue weighted by Gasteiger charge is -2.16. The smallest absolute Gasteiger partial charge is 0.316 e. The number of hydrogen-bond donors (Lipinski definition) is 0. The van der Waals surface area contributed by atoms with Crippen molar-refractivity contribution < 1.29 is 18.7 Å². The van der Waals surface area contributed by atoms with Crippen LogP contribution in [0.15, 0.2) is 54.6 Å². The van der Waals surface area contributed by atoms with Crippen molar-refractivity contribution in [1.29, 1.82) is 0 Å². The predicted octanol–water partition coefficient (Wildman–Crippen LogP) is 3.16. The third-order valence-electron chi connectivity index (χ3n) is 2.90. The topological polar surface area (TPSA) is 35.5 Å². The molecule has 20 heavy (non-hydrogen) atoms. The Hall–Kier alpha value is -2.36. The summed E-state index contributed by atoms with van der Waals surface area (Å²) in [6.07, 6.45) is 0.